The summed E-state index contributed by atoms with van der Waals surface area (Å²) < 4.78 is 0. The molecule has 0 saturated heterocycles. The molecule has 2 aromatic rings. The lowest BCUT2D eigenvalue weighted by molar-refractivity contribution is 0.851. The minimum absolute atomic E-state index is 0.620. The molecule has 106 valence electrons. The molecule has 1 N–H and O–H groups in total. The Balaban J connectivity index is 2.13. The Morgan fingerprint density at radius 2 is 2.00 bits per heavy atom. The zero-order valence-corrected chi connectivity index (χ0v) is 12.7. The fourth-order valence-corrected chi connectivity index (χ4v) is 2.71. The minimum atomic E-state index is 0.620. The van der Waals surface area contributed by atoms with Gasteiger partial charge in [0.05, 0.1) is 11.9 Å². The molecule has 0 bridgehead atoms. The van der Waals surface area contributed by atoms with Crippen molar-refractivity contribution in [3.8, 4) is 0 Å². The lowest BCUT2D eigenvalue weighted by Crippen LogP contribution is -2.23. The van der Waals surface area contributed by atoms with E-state index in [1.165, 1.54) is 18.2 Å². The average Bonchev–Trinajstić information content (AvgIpc) is 3.26. The van der Waals surface area contributed by atoms with E-state index in [2.05, 4.69) is 35.1 Å². The van der Waals surface area contributed by atoms with Crippen LogP contribution >= 0.6 is 11.6 Å². The average molecular weight is 290 g/mol. The number of hydrogen-bond donors (Lipinski definition) is 1. The van der Waals surface area contributed by atoms with Gasteiger partial charge in [-0.1, -0.05) is 17.7 Å². The van der Waals surface area contributed by atoms with Gasteiger partial charge in [-0.2, -0.15) is 0 Å². The number of rotatable bonds is 5. The Bertz CT molecular complexity index is 618. The first kappa shape index (κ1) is 13.5. The van der Waals surface area contributed by atoms with Crippen molar-refractivity contribution >= 4 is 33.9 Å². The molecule has 1 aliphatic carbocycles. The highest BCUT2D eigenvalue weighted by Gasteiger charge is 2.22. The van der Waals surface area contributed by atoms with Crippen LogP contribution in [0, 0.1) is 0 Å². The molecule has 1 aromatic heterocycles. The van der Waals surface area contributed by atoms with Gasteiger partial charge in [0.2, 0.25) is 0 Å². The van der Waals surface area contributed by atoms with E-state index in [-0.39, 0.29) is 0 Å². The predicted octanol–water partition coefficient (Wildman–Crippen LogP) is 4.31. The summed E-state index contributed by atoms with van der Waals surface area (Å²) in [7, 11) is 0. The van der Waals surface area contributed by atoms with Gasteiger partial charge in [0.1, 0.15) is 5.82 Å². The lowest BCUT2D eigenvalue weighted by atomic mass is 10.1. The second-order valence-electron chi connectivity index (χ2n) is 5.28. The SMILES string of the molecule is CCN(CC)c1ncc(NC2CC2)c2ccc(Cl)cc12. The van der Waals surface area contributed by atoms with Crippen molar-refractivity contribution in [2.24, 2.45) is 0 Å². The van der Waals surface area contributed by atoms with E-state index in [9.17, 15) is 0 Å². The molecular formula is C16H20ClN3. The third kappa shape index (κ3) is 2.55. The second-order valence-corrected chi connectivity index (χ2v) is 5.71. The molecular weight excluding hydrogens is 270 g/mol. The van der Waals surface area contributed by atoms with Crippen molar-refractivity contribution in [2.45, 2.75) is 32.7 Å². The summed E-state index contributed by atoms with van der Waals surface area (Å²) in [6.45, 7) is 6.19. The maximum Gasteiger partial charge on any atom is 0.136 e. The number of halogens is 1. The largest absolute Gasteiger partial charge is 0.381 e. The van der Waals surface area contributed by atoms with Crippen LogP contribution in [0.5, 0.6) is 0 Å². The molecule has 1 aliphatic rings. The van der Waals surface area contributed by atoms with Crippen LogP contribution in [0.2, 0.25) is 5.02 Å². The van der Waals surface area contributed by atoms with E-state index in [4.69, 9.17) is 11.6 Å². The predicted molar refractivity (Wildman–Crippen MR) is 87.0 cm³/mol. The number of benzene rings is 1. The number of pyridine rings is 1. The van der Waals surface area contributed by atoms with Crippen LogP contribution in [0.15, 0.2) is 24.4 Å². The van der Waals surface area contributed by atoms with Gasteiger partial charge in [0.15, 0.2) is 0 Å². The molecule has 4 heteroatoms. The molecule has 0 radical (unpaired) electrons. The van der Waals surface area contributed by atoms with Crippen molar-refractivity contribution in [1.29, 1.82) is 0 Å². The molecule has 1 saturated carbocycles. The fourth-order valence-electron chi connectivity index (χ4n) is 2.54. The lowest BCUT2D eigenvalue weighted by Gasteiger charge is -2.22. The van der Waals surface area contributed by atoms with Gasteiger partial charge in [-0.15, -0.1) is 0 Å². The summed E-state index contributed by atoms with van der Waals surface area (Å²) in [5.74, 6) is 1.02. The van der Waals surface area contributed by atoms with E-state index in [0.717, 1.165) is 35.0 Å². The van der Waals surface area contributed by atoms with Gasteiger partial charge in [0, 0.05) is 34.9 Å². The smallest absolute Gasteiger partial charge is 0.136 e. The summed E-state index contributed by atoms with van der Waals surface area (Å²) in [5.41, 5.74) is 1.12. The van der Waals surface area contributed by atoms with Gasteiger partial charge >= 0.3 is 0 Å². The van der Waals surface area contributed by atoms with Crippen LogP contribution in [-0.2, 0) is 0 Å². The Morgan fingerprint density at radius 1 is 1.25 bits per heavy atom. The summed E-state index contributed by atoms with van der Waals surface area (Å²) in [5, 5.41) is 6.65. The molecule has 0 amide bonds. The molecule has 3 rings (SSSR count). The topological polar surface area (TPSA) is 28.2 Å². The van der Waals surface area contributed by atoms with E-state index in [1.807, 2.05) is 18.3 Å². The monoisotopic (exact) mass is 289 g/mol. The number of nitrogens with zero attached hydrogens (tertiary/aromatic N) is 2. The van der Waals surface area contributed by atoms with Gasteiger partial charge in [-0.3, -0.25) is 0 Å². The van der Waals surface area contributed by atoms with Crippen LogP contribution in [-0.4, -0.2) is 24.1 Å². The highest BCUT2D eigenvalue weighted by atomic mass is 35.5. The number of hydrogen-bond acceptors (Lipinski definition) is 3. The van der Waals surface area contributed by atoms with Crippen molar-refractivity contribution in [2.75, 3.05) is 23.3 Å². The van der Waals surface area contributed by atoms with Crippen LogP contribution < -0.4 is 10.2 Å². The van der Waals surface area contributed by atoms with Gasteiger partial charge < -0.3 is 10.2 Å². The number of nitrogens with one attached hydrogen (secondary N) is 1. The maximum atomic E-state index is 6.19. The molecule has 3 nitrogen and oxygen atoms in total. The van der Waals surface area contributed by atoms with E-state index in [1.54, 1.807) is 0 Å². The zero-order chi connectivity index (χ0) is 14.1. The highest BCUT2D eigenvalue weighted by Crippen LogP contribution is 2.34. The van der Waals surface area contributed by atoms with E-state index < -0.39 is 0 Å². The van der Waals surface area contributed by atoms with E-state index in [0.29, 0.717) is 6.04 Å². The van der Waals surface area contributed by atoms with Crippen LogP contribution in [0.25, 0.3) is 10.8 Å². The molecule has 1 fully saturated rings. The molecule has 20 heavy (non-hydrogen) atoms. The Hall–Kier alpha value is -1.48. The molecule has 0 atom stereocenters. The summed E-state index contributed by atoms with van der Waals surface area (Å²) in [6.07, 6.45) is 4.47. The molecule has 1 heterocycles. The Kier molecular flexibility index (Phi) is 3.70. The van der Waals surface area contributed by atoms with Crippen LogP contribution in [0.3, 0.4) is 0 Å². The van der Waals surface area contributed by atoms with E-state index >= 15 is 0 Å². The van der Waals surface area contributed by atoms with Gasteiger partial charge in [-0.05, 0) is 38.8 Å². The first-order valence-electron chi connectivity index (χ1n) is 7.32. The van der Waals surface area contributed by atoms with Crippen LogP contribution in [0.1, 0.15) is 26.7 Å². The molecule has 0 unspecified atom stereocenters. The summed E-state index contributed by atoms with van der Waals surface area (Å²) >= 11 is 6.19. The van der Waals surface area contributed by atoms with Gasteiger partial charge in [-0.25, -0.2) is 4.98 Å². The third-order valence-corrected chi connectivity index (χ3v) is 4.06. The van der Waals surface area contributed by atoms with Crippen molar-refractivity contribution in [1.82, 2.24) is 4.98 Å². The third-order valence-electron chi connectivity index (χ3n) is 3.83. The molecule has 0 aliphatic heterocycles. The fraction of sp³-hybridized carbons (Fsp3) is 0.438. The number of anilines is 2. The zero-order valence-electron chi connectivity index (χ0n) is 12.0. The molecule has 1 aromatic carbocycles. The number of aromatic nitrogens is 1. The summed E-state index contributed by atoms with van der Waals surface area (Å²) in [6, 6.07) is 6.69. The standard InChI is InChI=1S/C16H20ClN3/c1-3-20(4-2)16-14-9-11(17)5-8-13(14)15(10-18-16)19-12-6-7-12/h5,8-10,12,19H,3-4,6-7H2,1-2H3. The quantitative estimate of drug-likeness (QED) is 0.889. The Labute approximate surface area is 124 Å². The Morgan fingerprint density at radius 3 is 2.65 bits per heavy atom. The first-order chi connectivity index (χ1) is 9.72. The van der Waals surface area contributed by atoms with Crippen LogP contribution in [0.4, 0.5) is 11.5 Å². The number of fused-ring (bicyclic) bond motifs is 1. The second kappa shape index (κ2) is 5.49. The van der Waals surface area contributed by atoms with Crippen molar-refractivity contribution in [3.63, 3.8) is 0 Å². The first-order valence-corrected chi connectivity index (χ1v) is 7.70. The van der Waals surface area contributed by atoms with Gasteiger partial charge in [0.25, 0.3) is 0 Å². The van der Waals surface area contributed by atoms with Crippen molar-refractivity contribution < 1.29 is 0 Å². The normalized spacial score (nSPS) is 14.6. The molecule has 0 spiro atoms. The van der Waals surface area contributed by atoms with Crippen molar-refractivity contribution in [3.05, 3.63) is 29.4 Å². The highest BCUT2D eigenvalue weighted by molar-refractivity contribution is 6.31. The summed E-state index contributed by atoms with van der Waals surface area (Å²) in [4.78, 5) is 6.94. The minimum Gasteiger partial charge on any atom is -0.381 e. The maximum absolute atomic E-state index is 6.19.